The molecule has 0 amide bonds. The fraction of sp³-hybridized carbons (Fsp3) is 0.158. The third-order valence-electron chi connectivity index (χ3n) is 3.52. The van der Waals surface area contributed by atoms with Crippen molar-refractivity contribution in [2.75, 3.05) is 0 Å². The van der Waals surface area contributed by atoms with Crippen LogP contribution >= 0.6 is 46.9 Å². The molecule has 0 saturated carbocycles. The lowest BCUT2D eigenvalue weighted by Crippen LogP contribution is -2.11. The van der Waals surface area contributed by atoms with Crippen molar-refractivity contribution in [1.29, 1.82) is 0 Å². The van der Waals surface area contributed by atoms with Crippen LogP contribution in [0.15, 0.2) is 60.0 Å². The van der Waals surface area contributed by atoms with E-state index in [0.717, 1.165) is 24.4 Å². The topological polar surface area (TPSA) is 21.3 Å². The van der Waals surface area contributed by atoms with Crippen LogP contribution in [-0.4, -0.2) is 0 Å². The molecular formula is C19H18Cl3NOS. The molecule has 0 fully saturated rings. The zero-order valence-electron chi connectivity index (χ0n) is 13.4. The summed E-state index contributed by atoms with van der Waals surface area (Å²) in [6.07, 6.45) is 0. The number of thiophene rings is 1. The molecule has 0 aliphatic heterocycles. The van der Waals surface area contributed by atoms with Gasteiger partial charge >= 0.3 is 0 Å². The van der Waals surface area contributed by atoms with Crippen molar-refractivity contribution in [3.63, 3.8) is 0 Å². The molecule has 0 aliphatic carbocycles. The van der Waals surface area contributed by atoms with Gasteiger partial charge in [0.1, 0.15) is 12.4 Å². The molecule has 0 atom stereocenters. The number of ether oxygens (including phenoxy) is 1. The molecule has 0 aliphatic rings. The lowest BCUT2D eigenvalue weighted by molar-refractivity contribution is 0.306. The van der Waals surface area contributed by atoms with Crippen LogP contribution in [0.4, 0.5) is 0 Å². The molecule has 0 spiro atoms. The van der Waals surface area contributed by atoms with Crippen molar-refractivity contribution in [3.8, 4) is 5.75 Å². The van der Waals surface area contributed by atoms with Gasteiger partial charge in [-0.2, -0.15) is 0 Å². The number of hydrogen-bond acceptors (Lipinski definition) is 3. The van der Waals surface area contributed by atoms with E-state index >= 15 is 0 Å². The molecule has 0 radical (unpaired) electrons. The van der Waals surface area contributed by atoms with Crippen LogP contribution in [-0.2, 0) is 19.7 Å². The summed E-state index contributed by atoms with van der Waals surface area (Å²) < 4.78 is 5.85. The molecule has 3 rings (SSSR count). The highest BCUT2D eigenvalue weighted by atomic mass is 35.5. The van der Waals surface area contributed by atoms with E-state index in [1.807, 2.05) is 30.3 Å². The highest BCUT2D eigenvalue weighted by Gasteiger charge is 2.03. The van der Waals surface area contributed by atoms with E-state index < -0.39 is 0 Å². The molecule has 6 heteroatoms. The highest BCUT2D eigenvalue weighted by molar-refractivity contribution is 7.09. The molecule has 2 aromatic carbocycles. The predicted octanol–water partition coefficient (Wildman–Crippen LogP) is 6.35. The maximum atomic E-state index is 6.17. The summed E-state index contributed by atoms with van der Waals surface area (Å²) in [5.41, 5.74) is 2.11. The van der Waals surface area contributed by atoms with Gasteiger partial charge in [-0.3, -0.25) is 0 Å². The van der Waals surface area contributed by atoms with Crippen molar-refractivity contribution in [1.82, 2.24) is 5.32 Å². The maximum Gasteiger partial charge on any atom is 0.120 e. The van der Waals surface area contributed by atoms with Crippen molar-refractivity contribution in [2.24, 2.45) is 0 Å². The third kappa shape index (κ3) is 6.21. The van der Waals surface area contributed by atoms with Crippen LogP contribution in [0.25, 0.3) is 0 Å². The maximum absolute atomic E-state index is 6.17. The zero-order chi connectivity index (χ0) is 16.8. The van der Waals surface area contributed by atoms with Crippen LogP contribution in [0.3, 0.4) is 0 Å². The van der Waals surface area contributed by atoms with E-state index in [0.29, 0.717) is 16.7 Å². The van der Waals surface area contributed by atoms with Gasteiger partial charge < -0.3 is 10.1 Å². The van der Waals surface area contributed by atoms with Crippen LogP contribution in [0.1, 0.15) is 16.0 Å². The van der Waals surface area contributed by atoms with Crippen LogP contribution < -0.4 is 10.1 Å². The minimum Gasteiger partial charge on any atom is -0.489 e. The van der Waals surface area contributed by atoms with E-state index in [-0.39, 0.29) is 12.4 Å². The smallest absolute Gasteiger partial charge is 0.120 e. The van der Waals surface area contributed by atoms with Gasteiger partial charge in [-0.15, -0.1) is 23.7 Å². The predicted molar refractivity (Wildman–Crippen MR) is 109 cm³/mol. The Morgan fingerprint density at radius 1 is 0.960 bits per heavy atom. The van der Waals surface area contributed by atoms with E-state index in [1.54, 1.807) is 17.4 Å². The summed E-state index contributed by atoms with van der Waals surface area (Å²) in [4.78, 5) is 1.33. The minimum absolute atomic E-state index is 0. The Kier molecular flexibility index (Phi) is 8.07. The van der Waals surface area contributed by atoms with Crippen LogP contribution in [0, 0.1) is 0 Å². The Morgan fingerprint density at radius 2 is 1.84 bits per heavy atom. The first-order chi connectivity index (χ1) is 11.7. The highest BCUT2D eigenvalue weighted by Crippen LogP contribution is 2.23. The summed E-state index contributed by atoms with van der Waals surface area (Å²) in [5.74, 6) is 0.830. The Hall–Kier alpha value is -1.23. The number of hydrogen-bond donors (Lipinski definition) is 1. The third-order valence-corrected chi connectivity index (χ3v) is 4.98. The largest absolute Gasteiger partial charge is 0.489 e. The average Bonchev–Trinajstić information content (AvgIpc) is 3.08. The van der Waals surface area contributed by atoms with Crippen molar-refractivity contribution in [2.45, 2.75) is 19.7 Å². The molecule has 3 aromatic rings. The lowest BCUT2D eigenvalue weighted by Gasteiger charge is -2.10. The first-order valence-corrected chi connectivity index (χ1v) is 9.23. The van der Waals surface area contributed by atoms with Gasteiger partial charge in [-0.25, -0.2) is 0 Å². The summed E-state index contributed by atoms with van der Waals surface area (Å²) >= 11 is 13.8. The van der Waals surface area contributed by atoms with Gasteiger partial charge in [0.2, 0.25) is 0 Å². The average molecular weight is 415 g/mol. The number of nitrogens with one attached hydrogen (secondary N) is 1. The van der Waals surface area contributed by atoms with Gasteiger partial charge in [-0.1, -0.05) is 47.5 Å². The van der Waals surface area contributed by atoms with E-state index in [9.17, 15) is 0 Å². The molecule has 0 bridgehead atoms. The van der Waals surface area contributed by atoms with Crippen LogP contribution in [0.5, 0.6) is 5.75 Å². The molecule has 1 aromatic heterocycles. The van der Waals surface area contributed by atoms with Crippen molar-refractivity contribution < 1.29 is 4.74 Å². The number of halogens is 3. The fourth-order valence-electron chi connectivity index (χ4n) is 2.29. The minimum atomic E-state index is 0. The monoisotopic (exact) mass is 413 g/mol. The fourth-order valence-corrected chi connectivity index (χ4v) is 3.43. The Labute approximate surface area is 168 Å². The molecular weight excluding hydrogens is 397 g/mol. The standard InChI is InChI=1S/C19H17Cl2NOS.ClH/c20-16-7-6-15(19(21)10-16)13-23-17-4-1-3-14(9-17)11-22-12-18-5-2-8-24-18;/h1-10,22H,11-13H2;1H. The Balaban J connectivity index is 0.00000225. The molecule has 2 nitrogen and oxygen atoms in total. The SMILES string of the molecule is Cl.Clc1ccc(COc2cccc(CNCc3cccs3)c2)c(Cl)c1. The van der Waals surface area contributed by atoms with E-state index in [4.69, 9.17) is 27.9 Å². The van der Waals surface area contributed by atoms with Gasteiger partial charge in [-0.05, 0) is 41.3 Å². The van der Waals surface area contributed by atoms with Gasteiger partial charge in [0.25, 0.3) is 0 Å². The normalized spacial score (nSPS) is 10.3. The Morgan fingerprint density at radius 3 is 2.60 bits per heavy atom. The molecule has 1 N–H and O–H groups in total. The first-order valence-electron chi connectivity index (χ1n) is 7.59. The second kappa shape index (κ2) is 10.0. The summed E-state index contributed by atoms with van der Waals surface area (Å²) in [6, 6.07) is 17.7. The van der Waals surface area contributed by atoms with Crippen molar-refractivity contribution in [3.05, 3.63) is 86.0 Å². The van der Waals surface area contributed by atoms with Gasteiger partial charge in [0, 0.05) is 33.6 Å². The van der Waals surface area contributed by atoms with Gasteiger partial charge in [0.15, 0.2) is 0 Å². The van der Waals surface area contributed by atoms with Crippen LogP contribution in [0.2, 0.25) is 10.0 Å². The second-order valence-electron chi connectivity index (χ2n) is 5.35. The quantitative estimate of drug-likeness (QED) is 0.486. The summed E-state index contributed by atoms with van der Waals surface area (Å²) in [7, 11) is 0. The number of rotatable bonds is 7. The molecule has 25 heavy (non-hydrogen) atoms. The van der Waals surface area contributed by atoms with E-state index in [2.05, 4.69) is 28.9 Å². The molecule has 0 unspecified atom stereocenters. The number of benzene rings is 2. The first kappa shape index (κ1) is 20.1. The molecule has 1 heterocycles. The summed E-state index contributed by atoms with van der Waals surface area (Å²) in [6.45, 7) is 2.10. The van der Waals surface area contributed by atoms with Crippen molar-refractivity contribution >= 4 is 46.9 Å². The van der Waals surface area contributed by atoms with Gasteiger partial charge in [0.05, 0.1) is 0 Å². The lowest BCUT2D eigenvalue weighted by atomic mass is 10.2. The molecule has 132 valence electrons. The second-order valence-corrected chi connectivity index (χ2v) is 7.23. The Bertz CT molecular complexity index is 793. The zero-order valence-corrected chi connectivity index (χ0v) is 16.5. The summed E-state index contributed by atoms with van der Waals surface area (Å²) in [5, 5.41) is 6.78. The molecule has 0 saturated heterocycles. The van der Waals surface area contributed by atoms with E-state index in [1.165, 1.54) is 10.4 Å².